The summed E-state index contributed by atoms with van der Waals surface area (Å²) in [7, 11) is -1.96. The van der Waals surface area contributed by atoms with Crippen molar-refractivity contribution in [3.8, 4) is 5.75 Å². The van der Waals surface area contributed by atoms with Crippen LogP contribution in [0.1, 0.15) is 16.7 Å². The average molecular weight is 376 g/mol. The molecular formula is C19H24N2O4S. The van der Waals surface area contributed by atoms with Gasteiger partial charge in [0.1, 0.15) is 5.75 Å². The monoisotopic (exact) mass is 376 g/mol. The van der Waals surface area contributed by atoms with Gasteiger partial charge in [-0.3, -0.25) is 4.79 Å². The lowest BCUT2D eigenvalue weighted by molar-refractivity contribution is -0.121. The van der Waals surface area contributed by atoms with Gasteiger partial charge in [0.2, 0.25) is 15.9 Å². The highest BCUT2D eigenvalue weighted by molar-refractivity contribution is 7.88. The Balaban J connectivity index is 2.00. The minimum Gasteiger partial charge on any atom is -0.497 e. The van der Waals surface area contributed by atoms with Crippen LogP contribution in [0.5, 0.6) is 5.75 Å². The van der Waals surface area contributed by atoms with Crippen LogP contribution in [-0.4, -0.2) is 38.5 Å². The number of benzene rings is 2. The lowest BCUT2D eigenvalue weighted by Gasteiger charge is -2.20. The maximum Gasteiger partial charge on any atom is 0.235 e. The third-order valence-corrected chi connectivity index (χ3v) is 5.24. The van der Waals surface area contributed by atoms with Crippen LogP contribution in [0.2, 0.25) is 0 Å². The summed E-state index contributed by atoms with van der Waals surface area (Å²) in [5.74, 6) is 0.350. The van der Waals surface area contributed by atoms with Crippen molar-refractivity contribution in [2.45, 2.75) is 20.0 Å². The van der Waals surface area contributed by atoms with E-state index >= 15 is 0 Å². The minimum atomic E-state index is -3.52. The predicted molar refractivity (Wildman–Crippen MR) is 101 cm³/mol. The Bertz CT molecular complexity index is 848. The first-order valence-corrected chi connectivity index (χ1v) is 10.0. The van der Waals surface area contributed by atoms with Gasteiger partial charge in [-0.15, -0.1) is 0 Å². The lowest BCUT2D eigenvalue weighted by Crippen LogP contribution is -2.39. The van der Waals surface area contributed by atoms with Crippen LogP contribution in [0.15, 0.2) is 48.5 Å². The maximum atomic E-state index is 12.2. The van der Waals surface area contributed by atoms with Gasteiger partial charge in [-0.1, -0.05) is 36.4 Å². The van der Waals surface area contributed by atoms with Crippen LogP contribution in [-0.2, 0) is 27.9 Å². The van der Waals surface area contributed by atoms with E-state index in [-0.39, 0.29) is 19.0 Å². The molecule has 0 aromatic heterocycles. The molecule has 2 aromatic carbocycles. The molecule has 0 saturated carbocycles. The Morgan fingerprint density at radius 3 is 2.35 bits per heavy atom. The number of ether oxygens (including phenoxy) is 1. The maximum absolute atomic E-state index is 12.2. The van der Waals surface area contributed by atoms with Crippen molar-refractivity contribution >= 4 is 15.9 Å². The molecule has 0 fully saturated rings. The van der Waals surface area contributed by atoms with Gasteiger partial charge in [0.05, 0.1) is 19.9 Å². The largest absolute Gasteiger partial charge is 0.497 e. The molecule has 0 spiro atoms. The number of aryl methyl sites for hydroxylation is 1. The van der Waals surface area contributed by atoms with Crippen molar-refractivity contribution in [2.75, 3.05) is 19.9 Å². The number of rotatable bonds is 8. The number of hydrogen-bond acceptors (Lipinski definition) is 4. The van der Waals surface area contributed by atoms with Crippen LogP contribution >= 0.6 is 0 Å². The SMILES string of the molecule is COc1ccc(CN(CC(=O)NCc2ccccc2C)S(C)(=O)=O)cc1. The topological polar surface area (TPSA) is 75.7 Å². The van der Waals surface area contributed by atoms with Crippen LogP contribution in [0, 0.1) is 6.92 Å². The Kier molecular flexibility index (Phi) is 6.76. The Hall–Kier alpha value is -2.38. The van der Waals surface area contributed by atoms with Crippen molar-refractivity contribution in [3.63, 3.8) is 0 Å². The van der Waals surface area contributed by atoms with Crippen molar-refractivity contribution in [1.82, 2.24) is 9.62 Å². The van der Waals surface area contributed by atoms with E-state index in [1.165, 1.54) is 0 Å². The fraction of sp³-hybridized carbons (Fsp3) is 0.316. The first-order chi connectivity index (χ1) is 12.3. The number of nitrogens with zero attached hydrogens (tertiary/aromatic N) is 1. The molecule has 1 amide bonds. The quantitative estimate of drug-likeness (QED) is 0.765. The van der Waals surface area contributed by atoms with Crippen LogP contribution in [0.3, 0.4) is 0 Å². The number of nitrogens with one attached hydrogen (secondary N) is 1. The Morgan fingerprint density at radius 2 is 1.77 bits per heavy atom. The molecule has 0 heterocycles. The zero-order valence-electron chi connectivity index (χ0n) is 15.2. The van der Waals surface area contributed by atoms with E-state index in [2.05, 4.69) is 5.32 Å². The van der Waals surface area contributed by atoms with Gasteiger partial charge in [-0.25, -0.2) is 8.42 Å². The second-order valence-corrected chi connectivity index (χ2v) is 8.06. The van der Waals surface area contributed by atoms with Crippen LogP contribution in [0.4, 0.5) is 0 Å². The average Bonchev–Trinajstić information content (AvgIpc) is 2.60. The Morgan fingerprint density at radius 1 is 1.12 bits per heavy atom. The van der Waals surface area contributed by atoms with Gasteiger partial charge < -0.3 is 10.1 Å². The first kappa shape index (κ1) is 19.9. The van der Waals surface area contributed by atoms with E-state index in [1.807, 2.05) is 31.2 Å². The van der Waals surface area contributed by atoms with Gasteiger partial charge in [-0.05, 0) is 35.7 Å². The van der Waals surface area contributed by atoms with Crippen molar-refractivity contribution in [3.05, 3.63) is 65.2 Å². The highest BCUT2D eigenvalue weighted by Gasteiger charge is 2.20. The lowest BCUT2D eigenvalue weighted by atomic mass is 10.1. The molecule has 6 nitrogen and oxygen atoms in total. The van der Waals surface area contributed by atoms with E-state index in [0.29, 0.717) is 12.3 Å². The van der Waals surface area contributed by atoms with Crippen molar-refractivity contribution < 1.29 is 17.9 Å². The van der Waals surface area contributed by atoms with E-state index in [4.69, 9.17) is 4.74 Å². The van der Waals surface area contributed by atoms with E-state index in [9.17, 15) is 13.2 Å². The molecule has 0 radical (unpaired) electrons. The molecule has 0 aliphatic rings. The van der Waals surface area contributed by atoms with Crippen molar-refractivity contribution in [1.29, 1.82) is 0 Å². The fourth-order valence-electron chi connectivity index (χ4n) is 2.44. The summed E-state index contributed by atoms with van der Waals surface area (Å²) < 4.78 is 30.3. The standard InChI is InChI=1S/C19H24N2O4S/c1-15-6-4-5-7-17(15)12-20-19(22)14-21(26(3,23)24)13-16-8-10-18(25-2)11-9-16/h4-11H,12-14H2,1-3H3,(H,20,22). The third kappa shape index (κ3) is 5.86. The summed E-state index contributed by atoms with van der Waals surface area (Å²) in [5, 5.41) is 2.78. The van der Waals surface area contributed by atoms with E-state index < -0.39 is 10.0 Å². The van der Waals surface area contributed by atoms with Crippen molar-refractivity contribution in [2.24, 2.45) is 0 Å². The normalized spacial score (nSPS) is 11.4. The third-order valence-electron chi connectivity index (χ3n) is 4.04. The fourth-order valence-corrected chi connectivity index (χ4v) is 3.18. The molecule has 0 saturated heterocycles. The van der Waals surface area contributed by atoms with Gasteiger partial charge in [0, 0.05) is 13.1 Å². The molecule has 2 rings (SSSR count). The molecule has 1 N–H and O–H groups in total. The number of carbonyl (C=O) groups is 1. The predicted octanol–water partition coefficient (Wildman–Crippen LogP) is 2.08. The smallest absolute Gasteiger partial charge is 0.235 e. The van der Waals surface area contributed by atoms with Crippen LogP contribution in [0.25, 0.3) is 0 Å². The highest BCUT2D eigenvalue weighted by Crippen LogP contribution is 2.14. The molecular weight excluding hydrogens is 352 g/mol. The molecule has 0 atom stereocenters. The van der Waals surface area contributed by atoms with Crippen LogP contribution < -0.4 is 10.1 Å². The second kappa shape index (κ2) is 8.82. The number of methoxy groups -OCH3 is 1. The summed E-state index contributed by atoms with van der Waals surface area (Å²) in [6.45, 7) is 2.23. The van der Waals surface area contributed by atoms with E-state index in [1.54, 1.807) is 31.4 Å². The summed E-state index contributed by atoms with van der Waals surface area (Å²) in [6, 6.07) is 14.8. The molecule has 0 unspecified atom stereocenters. The number of amides is 1. The first-order valence-electron chi connectivity index (χ1n) is 8.19. The molecule has 26 heavy (non-hydrogen) atoms. The Labute approximate surface area is 154 Å². The molecule has 0 aliphatic heterocycles. The molecule has 0 aliphatic carbocycles. The van der Waals surface area contributed by atoms with Gasteiger partial charge in [-0.2, -0.15) is 4.31 Å². The molecule has 2 aromatic rings. The molecule has 7 heteroatoms. The number of carbonyl (C=O) groups excluding carboxylic acids is 1. The van der Waals surface area contributed by atoms with Gasteiger partial charge in [0.15, 0.2) is 0 Å². The summed E-state index contributed by atoms with van der Waals surface area (Å²) in [5.41, 5.74) is 2.86. The summed E-state index contributed by atoms with van der Waals surface area (Å²) in [4.78, 5) is 12.2. The summed E-state index contributed by atoms with van der Waals surface area (Å²) >= 11 is 0. The number of sulfonamides is 1. The zero-order chi connectivity index (χ0) is 19.2. The minimum absolute atomic E-state index is 0.126. The second-order valence-electron chi connectivity index (χ2n) is 6.08. The molecule has 140 valence electrons. The summed E-state index contributed by atoms with van der Waals surface area (Å²) in [6.07, 6.45) is 1.10. The number of hydrogen-bond donors (Lipinski definition) is 1. The molecule has 0 bridgehead atoms. The van der Waals surface area contributed by atoms with Gasteiger partial charge in [0.25, 0.3) is 0 Å². The van der Waals surface area contributed by atoms with E-state index in [0.717, 1.165) is 27.3 Å². The zero-order valence-corrected chi connectivity index (χ0v) is 16.0. The highest BCUT2D eigenvalue weighted by atomic mass is 32.2. The van der Waals surface area contributed by atoms with Gasteiger partial charge >= 0.3 is 0 Å².